The van der Waals surface area contributed by atoms with Crippen LogP contribution in [-0.2, 0) is 4.79 Å². The third-order valence-electron chi connectivity index (χ3n) is 3.94. The highest BCUT2D eigenvalue weighted by Gasteiger charge is 2.33. The molecule has 0 aromatic rings. The summed E-state index contributed by atoms with van der Waals surface area (Å²) >= 11 is 0. The van der Waals surface area contributed by atoms with E-state index >= 15 is 0 Å². The van der Waals surface area contributed by atoms with Gasteiger partial charge in [-0.05, 0) is 32.1 Å². The van der Waals surface area contributed by atoms with Crippen molar-refractivity contribution in [3.8, 4) is 0 Å². The first-order valence-electron chi connectivity index (χ1n) is 6.26. The summed E-state index contributed by atoms with van der Waals surface area (Å²) < 4.78 is 0. The second kappa shape index (κ2) is 5.87. The molecule has 0 aliphatic heterocycles. The molecule has 1 amide bonds. The van der Waals surface area contributed by atoms with Crippen LogP contribution in [0.25, 0.3) is 0 Å². The first kappa shape index (κ1) is 13.8. The van der Waals surface area contributed by atoms with Crippen LogP contribution in [0.1, 0.15) is 51.4 Å². The van der Waals surface area contributed by atoms with E-state index in [1.807, 2.05) is 0 Å². The summed E-state index contributed by atoms with van der Waals surface area (Å²) in [6.45, 7) is 0.683. The second-order valence-electron chi connectivity index (χ2n) is 5.27. The van der Waals surface area contributed by atoms with Crippen LogP contribution in [0.2, 0.25) is 0 Å². The Kier molecular flexibility index (Phi) is 5.06. The standard InChI is InChI=1S/C12H22N2O.ClH/c13-12(7-4-8-12)9-14-11(15)10-5-2-1-3-6-10;/h10H,1-9,13H2,(H,14,15);1H. The highest BCUT2D eigenvalue weighted by molar-refractivity contribution is 5.85. The molecule has 3 nitrogen and oxygen atoms in total. The van der Waals surface area contributed by atoms with Crippen LogP contribution in [0.15, 0.2) is 0 Å². The lowest BCUT2D eigenvalue weighted by Crippen LogP contribution is -2.55. The van der Waals surface area contributed by atoms with E-state index in [1.54, 1.807) is 0 Å². The normalized spacial score (nSPS) is 24.1. The molecule has 0 atom stereocenters. The smallest absolute Gasteiger partial charge is 0.223 e. The summed E-state index contributed by atoms with van der Waals surface area (Å²) in [5.41, 5.74) is 5.99. The van der Waals surface area contributed by atoms with Crippen molar-refractivity contribution in [2.24, 2.45) is 11.7 Å². The zero-order chi connectivity index (χ0) is 10.7. The van der Waals surface area contributed by atoms with Crippen molar-refractivity contribution in [3.63, 3.8) is 0 Å². The molecule has 0 aromatic heterocycles. The Balaban J connectivity index is 0.00000128. The Labute approximate surface area is 104 Å². The van der Waals surface area contributed by atoms with Gasteiger partial charge < -0.3 is 11.1 Å². The van der Waals surface area contributed by atoms with E-state index in [9.17, 15) is 4.79 Å². The lowest BCUT2D eigenvalue weighted by molar-refractivity contribution is -0.126. The van der Waals surface area contributed by atoms with Crippen LogP contribution in [0.4, 0.5) is 0 Å². The van der Waals surface area contributed by atoms with Gasteiger partial charge in [0.05, 0.1) is 0 Å². The molecule has 0 radical (unpaired) electrons. The van der Waals surface area contributed by atoms with Gasteiger partial charge in [0.1, 0.15) is 0 Å². The van der Waals surface area contributed by atoms with Crippen LogP contribution < -0.4 is 11.1 Å². The number of nitrogens with two attached hydrogens (primary N) is 1. The molecule has 0 saturated heterocycles. The lowest BCUT2D eigenvalue weighted by atomic mass is 9.77. The van der Waals surface area contributed by atoms with Crippen molar-refractivity contribution >= 4 is 18.3 Å². The average molecular weight is 247 g/mol. The minimum atomic E-state index is -0.0790. The SMILES string of the molecule is Cl.NC1(CNC(=O)C2CCCCC2)CCC1. The number of amides is 1. The molecule has 2 aliphatic carbocycles. The van der Waals surface area contributed by atoms with Crippen molar-refractivity contribution in [2.75, 3.05) is 6.54 Å². The van der Waals surface area contributed by atoms with Crippen molar-refractivity contribution in [1.82, 2.24) is 5.32 Å². The molecule has 2 saturated carbocycles. The molecule has 0 aromatic carbocycles. The summed E-state index contributed by atoms with van der Waals surface area (Å²) in [7, 11) is 0. The van der Waals surface area contributed by atoms with E-state index in [1.165, 1.54) is 25.7 Å². The van der Waals surface area contributed by atoms with Gasteiger partial charge in [-0.25, -0.2) is 0 Å². The van der Waals surface area contributed by atoms with Crippen molar-refractivity contribution in [3.05, 3.63) is 0 Å². The highest BCUT2D eigenvalue weighted by atomic mass is 35.5. The first-order valence-corrected chi connectivity index (χ1v) is 6.26. The largest absolute Gasteiger partial charge is 0.354 e. The maximum Gasteiger partial charge on any atom is 0.223 e. The summed E-state index contributed by atoms with van der Waals surface area (Å²) in [5, 5.41) is 3.03. The first-order chi connectivity index (χ1) is 7.20. The topological polar surface area (TPSA) is 55.1 Å². The van der Waals surface area contributed by atoms with Gasteiger partial charge in [-0.2, -0.15) is 0 Å². The molecule has 94 valence electrons. The van der Waals surface area contributed by atoms with E-state index in [2.05, 4.69) is 5.32 Å². The maximum absolute atomic E-state index is 11.8. The summed E-state index contributed by atoms with van der Waals surface area (Å²) in [6, 6.07) is 0. The lowest BCUT2D eigenvalue weighted by Gasteiger charge is -2.38. The zero-order valence-electron chi connectivity index (χ0n) is 9.84. The Bertz CT molecular complexity index is 235. The van der Waals surface area contributed by atoms with E-state index < -0.39 is 0 Å². The predicted octanol–water partition coefficient (Wildman–Crippen LogP) is 1.99. The van der Waals surface area contributed by atoms with Crippen LogP contribution in [0.5, 0.6) is 0 Å². The molecule has 0 unspecified atom stereocenters. The molecule has 4 heteroatoms. The van der Waals surface area contributed by atoms with E-state index in [0.29, 0.717) is 6.54 Å². The van der Waals surface area contributed by atoms with Gasteiger partial charge in [-0.15, -0.1) is 12.4 Å². The number of halogens is 1. The molecule has 0 heterocycles. The molecule has 2 aliphatic rings. The van der Waals surface area contributed by atoms with E-state index in [-0.39, 0.29) is 29.8 Å². The highest BCUT2D eigenvalue weighted by Crippen LogP contribution is 2.28. The van der Waals surface area contributed by atoms with Gasteiger partial charge in [-0.1, -0.05) is 19.3 Å². The Morgan fingerprint density at radius 1 is 1.19 bits per heavy atom. The Hall–Kier alpha value is -0.280. The van der Waals surface area contributed by atoms with Gasteiger partial charge >= 0.3 is 0 Å². The molecule has 3 N–H and O–H groups in total. The predicted molar refractivity (Wildman–Crippen MR) is 67.6 cm³/mol. The zero-order valence-corrected chi connectivity index (χ0v) is 10.7. The minimum Gasteiger partial charge on any atom is -0.354 e. The van der Waals surface area contributed by atoms with Gasteiger partial charge in [0.2, 0.25) is 5.91 Å². The number of rotatable bonds is 3. The Morgan fingerprint density at radius 2 is 1.81 bits per heavy atom. The fourth-order valence-electron chi connectivity index (χ4n) is 2.58. The summed E-state index contributed by atoms with van der Waals surface area (Å²) in [6.07, 6.45) is 9.22. The quantitative estimate of drug-likeness (QED) is 0.800. The number of carbonyl (C=O) groups is 1. The minimum absolute atomic E-state index is 0. The van der Waals surface area contributed by atoms with Crippen LogP contribution in [0.3, 0.4) is 0 Å². The van der Waals surface area contributed by atoms with E-state index in [0.717, 1.165) is 25.7 Å². The van der Waals surface area contributed by atoms with Crippen molar-refractivity contribution in [1.29, 1.82) is 0 Å². The molecule has 16 heavy (non-hydrogen) atoms. The molecule has 2 rings (SSSR count). The van der Waals surface area contributed by atoms with Gasteiger partial charge in [0.15, 0.2) is 0 Å². The fourth-order valence-corrected chi connectivity index (χ4v) is 2.58. The molecular formula is C12H23ClN2O. The monoisotopic (exact) mass is 246 g/mol. The van der Waals surface area contributed by atoms with Gasteiger partial charge in [0.25, 0.3) is 0 Å². The Morgan fingerprint density at radius 3 is 2.31 bits per heavy atom. The maximum atomic E-state index is 11.8. The average Bonchev–Trinajstić information content (AvgIpc) is 2.24. The molecule has 0 spiro atoms. The third-order valence-corrected chi connectivity index (χ3v) is 3.94. The molecular weight excluding hydrogens is 224 g/mol. The number of hydrogen-bond acceptors (Lipinski definition) is 2. The number of hydrogen-bond donors (Lipinski definition) is 2. The van der Waals surface area contributed by atoms with Crippen molar-refractivity contribution in [2.45, 2.75) is 56.9 Å². The summed E-state index contributed by atoms with van der Waals surface area (Å²) in [4.78, 5) is 11.8. The van der Waals surface area contributed by atoms with Gasteiger partial charge in [-0.3, -0.25) is 4.79 Å². The van der Waals surface area contributed by atoms with Crippen molar-refractivity contribution < 1.29 is 4.79 Å². The number of nitrogens with one attached hydrogen (secondary N) is 1. The van der Waals surface area contributed by atoms with Crippen LogP contribution >= 0.6 is 12.4 Å². The second-order valence-corrected chi connectivity index (χ2v) is 5.27. The third kappa shape index (κ3) is 3.36. The van der Waals surface area contributed by atoms with Gasteiger partial charge in [0, 0.05) is 18.0 Å². The molecule has 0 bridgehead atoms. The number of carbonyl (C=O) groups excluding carboxylic acids is 1. The van der Waals surface area contributed by atoms with E-state index in [4.69, 9.17) is 5.73 Å². The molecule has 2 fully saturated rings. The summed E-state index contributed by atoms with van der Waals surface area (Å²) in [5.74, 6) is 0.508. The fraction of sp³-hybridized carbons (Fsp3) is 0.917. The van der Waals surface area contributed by atoms with Crippen LogP contribution in [0, 0.1) is 5.92 Å². The van der Waals surface area contributed by atoms with Crippen LogP contribution in [-0.4, -0.2) is 18.0 Å².